The van der Waals surface area contributed by atoms with Crippen LogP contribution >= 0.6 is 0 Å². The number of hydrogen-bond acceptors (Lipinski definition) is 2. The third-order valence-electron chi connectivity index (χ3n) is 3.07. The minimum atomic E-state index is 0.702. The van der Waals surface area contributed by atoms with Gasteiger partial charge in [-0.05, 0) is 42.1 Å². The molecule has 1 N–H and O–H groups in total. The summed E-state index contributed by atoms with van der Waals surface area (Å²) < 4.78 is 2.25. The topological polar surface area (TPSA) is 29.9 Å². The van der Waals surface area contributed by atoms with Crippen LogP contribution in [0.3, 0.4) is 0 Å². The maximum Gasteiger partial charge on any atom is 0.0300 e. The van der Waals surface area contributed by atoms with Crippen molar-refractivity contribution in [1.82, 2.24) is 14.9 Å². The van der Waals surface area contributed by atoms with Crippen LogP contribution in [0.5, 0.6) is 0 Å². The molecule has 19 heavy (non-hydrogen) atoms. The van der Waals surface area contributed by atoms with Gasteiger partial charge in [0.15, 0.2) is 0 Å². The molecule has 0 aliphatic rings. The molecule has 2 aromatic heterocycles. The van der Waals surface area contributed by atoms with Crippen molar-refractivity contribution in [2.45, 2.75) is 33.4 Å². The Morgan fingerprint density at radius 1 is 1.26 bits per heavy atom. The summed E-state index contributed by atoms with van der Waals surface area (Å²) >= 11 is 0. The predicted molar refractivity (Wildman–Crippen MR) is 78.9 cm³/mol. The van der Waals surface area contributed by atoms with Gasteiger partial charge in [0.2, 0.25) is 0 Å². The Labute approximate surface area is 115 Å². The van der Waals surface area contributed by atoms with Crippen molar-refractivity contribution in [2.75, 3.05) is 6.54 Å². The molecule has 3 heteroatoms. The Morgan fingerprint density at radius 3 is 2.89 bits per heavy atom. The molecule has 0 atom stereocenters. The number of rotatable bonds is 7. The SMILES string of the molecule is CC(C)CNCc1ccn(CCc2cccnc2)c1. The van der Waals surface area contributed by atoms with Gasteiger partial charge < -0.3 is 9.88 Å². The lowest BCUT2D eigenvalue weighted by atomic mass is 10.2. The van der Waals surface area contributed by atoms with E-state index in [0.717, 1.165) is 26.1 Å². The van der Waals surface area contributed by atoms with Crippen molar-refractivity contribution < 1.29 is 0 Å². The largest absolute Gasteiger partial charge is 0.354 e. The zero-order valence-electron chi connectivity index (χ0n) is 11.8. The highest BCUT2D eigenvalue weighted by Crippen LogP contribution is 2.04. The van der Waals surface area contributed by atoms with Crippen LogP contribution in [-0.4, -0.2) is 16.1 Å². The minimum absolute atomic E-state index is 0.702. The number of hydrogen-bond donors (Lipinski definition) is 1. The molecule has 2 aromatic rings. The minimum Gasteiger partial charge on any atom is -0.354 e. The van der Waals surface area contributed by atoms with Gasteiger partial charge in [-0.2, -0.15) is 0 Å². The summed E-state index contributed by atoms with van der Waals surface area (Å²) in [5, 5.41) is 3.46. The first-order chi connectivity index (χ1) is 9.24. The van der Waals surface area contributed by atoms with E-state index >= 15 is 0 Å². The molecule has 2 heterocycles. The quantitative estimate of drug-likeness (QED) is 0.826. The Hall–Kier alpha value is -1.61. The maximum absolute atomic E-state index is 4.14. The number of nitrogens with zero attached hydrogens (tertiary/aromatic N) is 2. The van der Waals surface area contributed by atoms with E-state index in [1.54, 1.807) is 0 Å². The van der Waals surface area contributed by atoms with Crippen molar-refractivity contribution >= 4 is 0 Å². The molecule has 0 bridgehead atoms. The van der Waals surface area contributed by atoms with Gasteiger partial charge in [-0.15, -0.1) is 0 Å². The van der Waals surface area contributed by atoms with Crippen LogP contribution in [0.15, 0.2) is 43.0 Å². The molecule has 3 nitrogen and oxygen atoms in total. The van der Waals surface area contributed by atoms with Gasteiger partial charge in [0.1, 0.15) is 0 Å². The summed E-state index contributed by atoms with van der Waals surface area (Å²) in [5.74, 6) is 0.702. The Balaban J connectivity index is 1.77. The Morgan fingerprint density at radius 2 is 2.16 bits per heavy atom. The fourth-order valence-corrected chi connectivity index (χ4v) is 2.04. The van der Waals surface area contributed by atoms with E-state index < -0.39 is 0 Å². The zero-order chi connectivity index (χ0) is 13.5. The van der Waals surface area contributed by atoms with Crippen molar-refractivity contribution in [3.8, 4) is 0 Å². The summed E-state index contributed by atoms with van der Waals surface area (Å²) in [6.45, 7) is 7.49. The lowest BCUT2D eigenvalue weighted by Gasteiger charge is -2.06. The second kappa shape index (κ2) is 7.10. The van der Waals surface area contributed by atoms with Gasteiger partial charge in [0.25, 0.3) is 0 Å². The van der Waals surface area contributed by atoms with Gasteiger partial charge in [0, 0.05) is 37.9 Å². The number of aryl methyl sites for hydroxylation is 2. The van der Waals surface area contributed by atoms with E-state index in [0.29, 0.717) is 5.92 Å². The molecule has 0 fully saturated rings. The van der Waals surface area contributed by atoms with Gasteiger partial charge in [-0.25, -0.2) is 0 Å². The van der Waals surface area contributed by atoms with Gasteiger partial charge in [-0.1, -0.05) is 19.9 Å². The van der Waals surface area contributed by atoms with E-state index in [9.17, 15) is 0 Å². The van der Waals surface area contributed by atoms with Crippen LogP contribution < -0.4 is 5.32 Å². The normalized spacial score (nSPS) is 11.1. The molecule has 0 aromatic carbocycles. The van der Waals surface area contributed by atoms with Crippen LogP contribution in [0.25, 0.3) is 0 Å². The van der Waals surface area contributed by atoms with Crippen molar-refractivity contribution in [3.05, 3.63) is 54.1 Å². The molecule has 0 saturated heterocycles. The summed E-state index contributed by atoms with van der Waals surface area (Å²) in [6, 6.07) is 6.31. The van der Waals surface area contributed by atoms with Crippen LogP contribution in [0, 0.1) is 5.92 Å². The molecule has 0 unspecified atom stereocenters. The van der Waals surface area contributed by atoms with Crippen molar-refractivity contribution in [2.24, 2.45) is 5.92 Å². The number of pyridine rings is 1. The fourth-order valence-electron chi connectivity index (χ4n) is 2.04. The highest BCUT2D eigenvalue weighted by Gasteiger charge is 1.99. The van der Waals surface area contributed by atoms with E-state index in [-0.39, 0.29) is 0 Å². The van der Waals surface area contributed by atoms with Crippen LogP contribution in [-0.2, 0) is 19.5 Å². The average molecular weight is 257 g/mol. The van der Waals surface area contributed by atoms with Crippen LogP contribution in [0.4, 0.5) is 0 Å². The first-order valence-electron chi connectivity index (χ1n) is 6.98. The first-order valence-corrected chi connectivity index (χ1v) is 6.98. The molecular formula is C16H23N3. The van der Waals surface area contributed by atoms with Crippen molar-refractivity contribution in [3.63, 3.8) is 0 Å². The molecule has 102 valence electrons. The van der Waals surface area contributed by atoms with Crippen molar-refractivity contribution in [1.29, 1.82) is 0 Å². The lowest BCUT2D eigenvalue weighted by molar-refractivity contribution is 0.552. The molecule has 0 amide bonds. The summed E-state index contributed by atoms with van der Waals surface area (Å²) in [5.41, 5.74) is 2.64. The lowest BCUT2D eigenvalue weighted by Crippen LogP contribution is -2.18. The highest BCUT2D eigenvalue weighted by molar-refractivity contribution is 5.12. The summed E-state index contributed by atoms with van der Waals surface area (Å²) in [7, 11) is 0. The van der Waals surface area contributed by atoms with Crippen LogP contribution in [0.1, 0.15) is 25.0 Å². The number of aromatic nitrogens is 2. The molecule has 0 radical (unpaired) electrons. The molecular weight excluding hydrogens is 234 g/mol. The maximum atomic E-state index is 4.14. The standard InChI is InChI=1S/C16H23N3/c1-14(2)10-18-12-16-6-9-19(13-16)8-5-15-4-3-7-17-11-15/h3-4,6-7,9,11,13-14,18H,5,8,10,12H2,1-2H3. The van der Waals surface area contributed by atoms with Gasteiger partial charge in [-0.3, -0.25) is 4.98 Å². The van der Waals surface area contributed by atoms with Crippen LogP contribution in [0.2, 0.25) is 0 Å². The van der Waals surface area contributed by atoms with E-state index in [4.69, 9.17) is 0 Å². The molecule has 0 aliphatic heterocycles. The predicted octanol–water partition coefficient (Wildman–Crippen LogP) is 2.87. The summed E-state index contributed by atoms with van der Waals surface area (Å²) in [4.78, 5) is 4.14. The van der Waals surface area contributed by atoms with E-state index in [1.165, 1.54) is 11.1 Å². The molecule has 0 spiro atoms. The summed E-state index contributed by atoms with van der Waals surface area (Å²) in [6.07, 6.45) is 9.17. The zero-order valence-corrected chi connectivity index (χ0v) is 11.8. The Kier molecular flexibility index (Phi) is 5.16. The smallest absolute Gasteiger partial charge is 0.0300 e. The van der Waals surface area contributed by atoms with E-state index in [1.807, 2.05) is 18.5 Å². The number of nitrogens with one attached hydrogen (secondary N) is 1. The third-order valence-corrected chi connectivity index (χ3v) is 3.07. The Bertz CT molecular complexity index is 474. The fraction of sp³-hybridized carbons (Fsp3) is 0.438. The first kappa shape index (κ1) is 13.8. The monoisotopic (exact) mass is 257 g/mol. The molecule has 2 rings (SSSR count). The second-order valence-electron chi connectivity index (χ2n) is 5.39. The molecule has 0 aliphatic carbocycles. The second-order valence-corrected chi connectivity index (χ2v) is 5.39. The average Bonchev–Trinajstić information content (AvgIpc) is 2.85. The van der Waals surface area contributed by atoms with E-state index in [2.05, 4.69) is 53.2 Å². The van der Waals surface area contributed by atoms with Gasteiger partial charge in [0.05, 0.1) is 0 Å². The third kappa shape index (κ3) is 4.87. The highest BCUT2D eigenvalue weighted by atomic mass is 14.9. The molecule has 0 saturated carbocycles. The van der Waals surface area contributed by atoms with Gasteiger partial charge >= 0.3 is 0 Å².